The summed E-state index contributed by atoms with van der Waals surface area (Å²) in [6.45, 7) is 0.847. The highest BCUT2D eigenvalue weighted by atomic mass is 16.7. The van der Waals surface area contributed by atoms with E-state index in [1.165, 1.54) is 0 Å². The second-order valence-corrected chi connectivity index (χ2v) is 5.23. The van der Waals surface area contributed by atoms with Crippen LogP contribution in [0.4, 0.5) is 0 Å². The molecular formula is C17H16N2O4. The molecule has 0 amide bonds. The Morgan fingerprint density at radius 3 is 2.78 bits per heavy atom. The first-order chi connectivity index (χ1) is 11.3. The van der Waals surface area contributed by atoms with Gasteiger partial charge in [-0.25, -0.2) is 0 Å². The van der Waals surface area contributed by atoms with Crippen LogP contribution in [0.1, 0.15) is 5.56 Å². The summed E-state index contributed by atoms with van der Waals surface area (Å²) in [5.41, 5.74) is 2.00. The van der Waals surface area contributed by atoms with E-state index >= 15 is 0 Å². The van der Waals surface area contributed by atoms with E-state index in [0.29, 0.717) is 18.0 Å². The summed E-state index contributed by atoms with van der Waals surface area (Å²) in [7, 11) is 3.25. The molecule has 3 aromatic rings. The normalized spacial score (nSPS) is 12.6. The number of benzene rings is 2. The summed E-state index contributed by atoms with van der Waals surface area (Å²) in [4.78, 5) is 0. The molecule has 0 spiro atoms. The van der Waals surface area contributed by atoms with Crippen molar-refractivity contribution in [2.45, 2.75) is 6.54 Å². The zero-order valence-electron chi connectivity index (χ0n) is 12.9. The van der Waals surface area contributed by atoms with Crippen molar-refractivity contribution in [3.05, 3.63) is 42.1 Å². The molecule has 1 aliphatic heterocycles. The van der Waals surface area contributed by atoms with E-state index in [4.69, 9.17) is 18.9 Å². The van der Waals surface area contributed by atoms with Crippen LogP contribution in [0.5, 0.6) is 23.0 Å². The van der Waals surface area contributed by atoms with Crippen LogP contribution in [0, 0.1) is 0 Å². The third kappa shape index (κ3) is 2.23. The van der Waals surface area contributed by atoms with E-state index in [1.807, 2.05) is 41.2 Å². The van der Waals surface area contributed by atoms with Gasteiger partial charge in [0.15, 0.2) is 23.0 Å². The molecular weight excluding hydrogens is 296 g/mol. The van der Waals surface area contributed by atoms with Crippen molar-refractivity contribution >= 4 is 10.9 Å². The second-order valence-electron chi connectivity index (χ2n) is 5.23. The van der Waals surface area contributed by atoms with Gasteiger partial charge in [-0.1, -0.05) is 6.07 Å². The number of methoxy groups -OCH3 is 2. The SMILES string of the molecule is COc1ccc(Cn2ncc3ccc4c(c32)OCO4)cc1OC. The van der Waals surface area contributed by atoms with Crippen molar-refractivity contribution in [3.8, 4) is 23.0 Å². The van der Waals surface area contributed by atoms with Crippen LogP contribution in [0.25, 0.3) is 10.9 Å². The van der Waals surface area contributed by atoms with Gasteiger partial charge in [-0.3, -0.25) is 4.68 Å². The summed E-state index contributed by atoms with van der Waals surface area (Å²) in [5, 5.41) is 5.50. The maximum absolute atomic E-state index is 5.60. The number of ether oxygens (including phenoxy) is 4. The van der Waals surface area contributed by atoms with E-state index in [2.05, 4.69) is 5.10 Å². The standard InChI is InChI=1S/C17H16N2O4/c1-20-13-5-3-11(7-15(13)21-2)9-19-16-12(8-18-19)4-6-14-17(16)23-10-22-14/h3-8H,9-10H2,1-2H3. The summed E-state index contributed by atoms with van der Waals surface area (Å²) in [6, 6.07) is 9.74. The molecule has 0 aliphatic carbocycles. The molecule has 0 unspecified atom stereocenters. The Hall–Kier alpha value is -2.89. The van der Waals surface area contributed by atoms with E-state index in [1.54, 1.807) is 14.2 Å². The third-order valence-electron chi connectivity index (χ3n) is 3.92. The molecule has 2 heterocycles. The lowest BCUT2D eigenvalue weighted by molar-refractivity contribution is 0.174. The molecule has 1 aromatic heterocycles. The molecule has 23 heavy (non-hydrogen) atoms. The monoisotopic (exact) mass is 312 g/mol. The van der Waals surface area contributed by atoms with Crippen LogP contribution in [0.2, 0.25) is 0 Å². The Bertz CT molecular complexity index is 872. The minimum absolute atomic E-state index is 0.246. The van der Waals surface area contributed by atoms with Gasteiger partial charge in [0.25, 0.3) is 0 Å². The molecule has 0 radical (unpaired) electrons. The van der Waals surface area contributed by atoms with Gasteiger partial charge in [-0.05, 0) is 29.8 Å². The second kappa shape index (κ2) is 5.39. The highest BCUT2D eigenvalue weighted by Crippen LogP contribution is 2.39. The van der Waals surface area contributed by atoms with Gasteiger partial charge < -0.3 is 18.9 Å². The first-order valence-corrected chi connectivity index (χ1v) is 7.25. The van der Waals surface area contributed by atoms with Crippen molar-refractivity contribution in [2.24, 2.45) is 0 Å². The topological polar surface area (TPSA) is 54.7 Å². The largest absolute Gasteiger partial charge is 0.493 e. The molecule has 118 valence electrons. The van der Waals surface area contributed by atoms with Crippen molar-refractivity contribution < 1.29 is 18.9 Å². The number of nitrogens with zero attached hydrogens (tertiary/aromatic N) is 2. The van der Waals surface area contributed by atoms with Crippen LogP contribution < -0.4 is 18.9 Å². The third-order valence-corrected chi connectivity index (χ3v) is 3.92. The molecule has 0 bridgehead atoms. The summed E-state index contributed by atoms with van der Waals surface area (Å²) in [6.07, 6.45) is 1.83. The Morgan fingerprint density at radius 2 is 1.96 bits per heavy atom. The zero-order chi connectivity index (χ0) is 15.8. The molecule has 0 fully saturated rings. The lowest BCUT2D eigenvalue weighted by Crippen LogP contribution is -2.03. The maximum Gasteiger partial charge on any atom is 0.231 e. The van der Waals surface area contributed by atoms with Gasteiger partial charge in [0, 0.05) is 5.39 Å². The number of rotatable bonds is 4. The summed E-state index contributed by atoms with van der Waals surface area (Å²) in [5.74, 6) is 2.91. The number of hydrogen-bond acceptors (Lipinski definition) is 5. The average molecular weight is 312 g/mol. The van der Waals surface area contributed by atoms with Gasteiger partial charge in [0.05, 0.1) is 27.0 Å². The van der Waals surface area contributed by atoms with Gasteiger partial charge in [-0.15, -0.1) is 0 Å². The molecule has 6 heteroatoms. The highest BCUT2D eigenvalue weighted by molar-refractivity contribution is 5.87. The fraction of sp³-hybridized carbons (Fsp3) is 0.235. The molecule has 0 saturated heterocycles. The lowest BCUT2D eigenvalue weighted by atomic mass is 10.2. The molecule has 0 N–H and O–H groups in total. The summed E-state index contributed by atoms with van der Waals surface area (Å²) < 4.78 is 23.6. The van der Waals surface area contributed by atoms with Crippen LogP contribution in [0.3, 0.4) is 0 Å². The average Bonchev–Trinajstić information content (AvgIpc) is 3.21. The predicted molar refractivity (Wildman–Crippen MR) is 84.5 cm³/mol. The van der Waals surface area contributed by atoms with Crippen LogP contribution >= 0.6 is 0 Å². The molecule has 0 atom stereocenters. The molecule has 2 aromatic carbocycles. The van der Waals surface area contributed by atoms with Gasteiger partial charge in [-0.2, -0.15) is 5.10 Å². The Balaban J connectivity index is 1.75. The quantitative estimate of drug-likeness (QED) is 0.741. The lowest BCUT2D eigenvalue weighted by Gasteiger charge is -2.10. The van der Waals surface area contributed by atoms with Crippen molar-refractivity contribution in [2.75, 3.05) is 21.0 Å². The molecule has 0 saturated carbocycles. The fourth-order valence-corrected chi connectivity index (χ4v) is 2.80. The Labute approximate surface area is 133 Å². The van der Waals surface area contributed by atoms with Crippen molar-refractivity contribution in [1.29, 1.82) is 0 Å². The van der Waals surface area contributed by atoms with E-state index < -0.39 is 0 Å². The van der Waals surface area contributed by atoms with Crippen LogP contribution in [-0.4, -0.2) is 30.8 Å². The number of hydrogen-bond donors (Lipinski definition) is 0. The predicted octanol–water partition coefficient (Wildman–Crippen LogP) is 2.83. The first kappa shape index (κ1) is 13.8. The number of fused-ring (bicyclic) bond motifs is 3. The Kier molecular flexibility index (Phi) is 3.22. The molecule has 1 aliphatic rings. The molecule has 6 nitrogen and oxygen atoms in total. The van der Waals surface area contributed by atoms with Crippen molar-refractivity contribution in [3.63, 3.8) is 0 Å². The van der Waals surface area contributed by atoms with Gasteiger partial charge >= 0.3 is 0 Å². The van der Waals surface area contributed by atoms with Gasteiger partial charge in [0.1, 0.15) is 5.52 Å². The van der Waals surface area contributed by atoms with Crippen LogP contribution in [0.15, 0.2) is 36.5 Å². The molecule has 4 rings (SSSR count). The fourth-order valence-electron chi connectivity index (χ4n) is 2.80. The first-order valence-electron chi connectivity index (χ1n) is 7.25. The zero-order valence-corrected chi connectivity index (χ0v) is 12.9. The van der Waals surface area contributed by atoms with E-state index in [-0.39, 0.29) is 6.79 Å². The van der Waals surface area contributed by atoms with Gasteiger partial charge in [0.2, 0.25) is 6.79 Å². The Morgan fingerprint density at radius 1 is 1.09 bits per heavy atom. The van der Waals surface area contributed by atoms with Crippen LogP contribution in [-0.2, 0) is 6.54 Å². The van der Waals surface area contributed by atoms with E-state index in [9.17, 15) is 0 Å². The summed E-state index contributed by atoms with van der Waals surface area (Å²) >= 11 is 0. The van der Waals surface area contributed by atoms with Crippen molar-refractivity contribution in [1.82, 2.24) is 9.78 Å². The minimum atomic E-state index is 0.246. The minimum Gasteiger partial charge on any atom is -0.493 e. The smallest absolute Gasteiger partial charge is 0.231 e. The van der Waals surface area contributed by atoms with E-state index in [0.717, 1.165) is 28.0 Å². The maximum atomic E-state index is 5.60. The number of aromatic nitrogens is 2. The highest BCUT2D eigenvalue weighted by Gasteiger charge is 2.20.